The Morgan fingerprint density at radius 3 is 2.65 bits per heavy atom. The summed E-state index contributed by atoms with van der Waals surface area (Å²) in [6.07, 6.45) is 5.32. The summed E-state index contributed by atoms with van der Waals surface area (Å²) in [7, 11) is 0. The first kappa shape index (κ1) is 22.7. The van der Waals surface area contributed by atoms with Gasteiger partial charge in [-0.05, 0) is 68.9 Å². The van der Waals surface area contributed by atoms with Crippen molar-refractivity contribution >= 4 is 39.9 Å². The van der Waals surface area contributed by atoms with Crippen molar-refractivity contribution in [2.45, 2.75) is 39.5 Å². The van der Waals surface area contributed by atoms with Crippen LogP contribution in [0.25, 0.3) is 6.08 Å². The molecule has 0 radical (unpaired) electrons. The van der Waals surface area contributed by atoms with Crippen molar-refractivity contribution in [1.82, 2.24) is 0 Å². The number of ether oxygens (including phenoxy) is 2. The summed E-state index contributed by atoms with van der Waals surface area (Å²) in [5, 5.41) is 22.7. The summed E-state index contributed by atoms with van der Waals surface area (Å²) in [5.41, 5.74) is 1.97. The van der Waals surface area contributed by atoms with Crippen LogP contribution in [0.5, 0.6) is 11.5 Å². The van der Waals surface area contributed by atoms with Crippen LogP contribution in [0.4, 0.5) is 5.00 Å². The topological polar surface area (TPSA) is 95.1 Å². The van der Waals surface area contributed by atoms with Crippen molar-refractivity contribution in [3.05, 3.63) is 44.3 Å². The molecule has 8 heteroatoms. The van der Waals surface area contributed by atoms with Crippen LogP contribution in [0.2, 0.25) is 5.02 Å². The Kier molecular flexibility index (Phi) is 7.57. The molecule has 6 nitrogen and oxygen atoms in total. The molecule has 31 heavy (non-hydrogen) atoms. The quantitative estimate of drug-likeness (QED) is 0.439. The van der Waals surface area contributed by atoms with Gasteiger partial charge >= 0.3 is 0 Å². The molecule has 0 saturated heterocycles. The molecule has 0 aliphatic heterocycles. The first-order valence-electron chi connectivity index (χ1n) is 10.1. The van der Waals surface area contributed by atoms with E-state index in [0.717, 1.165) is 36.1 Å². The van der Waals surface area contributed by atoms with E-state index in [-0.39, 0.29) is 5.57 Å². The fraction of sp³-hybridized carbons (Fsp3) is 0.348. The van der Waals surface area contributed by atoms with E-state index in [0.29, 0.717) is 45.9 Å². The van der Waals surface area contributed by atoms with Gasteiger partial charge in [-0.2, -0.15) is 10.5 Å². The van der Waals surface area contributed by atoms with E-state index in [4.69, 9.17) is 21.1 Å². The average Bonchev–Trinajstić information content (AvgIpc) is 3.11. The molecule has 0 atom stereocenters. The molecule has 1 N–H and O–H groups in total. The summed E-state index contributed by atoms with van der Waals surface area (Å²) in [6, 6.07) is 7.44. The van der Waals surface area contributed by atoms with Gasteiger partial charge < -0.3 is 14.8 Å². The van der Waals surface area contributed by atoms with E-state index < -0.39 is 5.91 Å². The number of thiophene rings is 1. The van der Waals surface area contributed by atoms with E-state index in [1.54, 1.807) is 12.1 Å². The summed E-state index contributed by atoms with van der Waals surface area (Å²) >= 11 is 7.75. The highest BCUT2D eigenvalue weighted by atomic mass is 35.5. The number of nitrogens with zero attached hydrogens (tertiary/aromatic N) is 2. The number of carbonyl (C=O) groups excluding carboxylic acids is 1. The number of hydrogen-bond acceptors (Lipinski definition) is 6. The van der Waals surface area contributed by atoms with Crippen molar-refractivity contribution in [3.63, 3.8) is 0 Å². The van der Waals surface area contributed by atoms with Crippen molar-refractivity contribution in [3.8, 4) is 23.6 Å². The molecule has 1 heterocycles. The average molecular weight is 456 g/mol. The molecule has 2 aromatic rings. The molecule has 1 aromatic heterocycles. The number of rotatable bonds is 7. The molecule has 1 amide bonds. The van der Waals surface area contributed by atoms with Gasteiger partial charge in [0, 0.05) is 4.88 Å². The monoisotopic (exact) mass is 455 g/mol. The van der Waals surface area contributed by atoms with Crippen LogP contribution in [-0.4, -0.2) is 19.1 Å². The van der Waals surface area contributed by atoms with Gasteiger partial charge in [-0.15, -0.1) is 11.3 Å². The number of hydrogen-bond donors (Lipinski definition) is 1. The third-order valence-corrected chi connectivity index (χ3v) is 6.29. The van der Waals surface area contributed by atoms with Crippen molar-refractivity contribution in [2.75, 3.05) is 18.5 Å². The number of nitriles is 2. The first-order chi connectivity index (χ1) is 15.0. The van der Waals surface area contributed by atoms with Crippen molar-refractivity contribution in [2.24, 2.45) is 0 Å². The minimum atomic E-state index is -0.569. The maximum absolute atomic E-state index is 12.8. The Hall–Kier alpha value is -3.00. The van der Waals surface area contributed by atoms with Crippen LogP contribution >= 0.6 is 22.9 Å². The van der Waals surface area contributed by atoms with Crippen LogP contribution in [0, 0.1) is 22.7 Å². The number of nitrogens with one attached hydrogen (secondary N) is 1. The molecule has 160 valence electrons. The normalized spacial score (nSPS) is 13.0. The molecular weight excluding hydrogens is 434 g/mol. The van der Waals surface area contributed by atoms with Crippen molar-refractivity contribution in [1.29, 1.82) is 10.5 Å². The van der Waals surface area contributed by atoms with Crippen LogP contribution in [0.3, 0.4) is 0 Å². The lowest BCUT2D eigenvalue weighted by atomic mass is 9.96. The van der Waals surface area contributed by atoms with E-state index in [2.05, 4.69) is 11.4 Å². The molecule has 0 spiro atoms. The number of benzene rings is 1. The number of aryl methyl sites for hydroxylation is 1. The van der Waals surface area contributed by atoms with Crippen molar-refractivity contribution < 1.29 is 14.3 Å². The second-order valence-electron chi connectivity index (χ2n) is 6.85. The van der Waals surface area contributed by atoms with Gasteiger partial charge in [0.25, 0.3) is 5.91 Å². The molecule has 0 fully saturated rings. The second kappa shape index (κ2) is 10.3. The van der Waals surface area contributed by atoms with Gasteiger partial charge in [0.1, 0.15) is 22.7 Å². The molecular formula is C23H22ClN3O3S. The zero-order valence-corrected chi connectivity index (χ0v) is 19.0. The first-order valence-corrected chi connectivity index (χ1v) is 11.3. The van der Waals surface area contributed by atoms with Crippen LogP contribution in [-0.2, 0) is 17.6 Å². The lowest BCUT2D eigenvalue weighted by Gasteiger charge is -2.13. The Morgan fingerprint density at radius 1 is 1.23 bits per heavy atom. The largest absolute Gasteiger partial charge is 0.490 e. The number of anilines is 1. The van der Waals surface area contributed by atoms with Gasteiger partial charge in [0.15, 0.2) is 11.5 Å². The Balaban J connectivity index is 1.90. The molecule has 0 saturated carbocycles. The second-order valence-corrected chi connectivity index (χ2v) is 8.36. The highest BCUT2D eigenvalue weighted by Gasteiger charge is 2.23. The molecule has 1 aromatic carbocycles. The summed E-state index contributed by atoms with van der Waals surface area (Å²) in [4.78, 5) is 13.9. The fourth-order valence-corrected chi connectivity index (χ4v) is 4.98. The molecule has 1 aliphatic carbocycles. The number of amides is 1. The molecule has 3 rings (SSSR count). The van der Waals surface area contributed by atoms with E-state index in [1.165, 1.54) is 17.4 Å². The molecule has 1 aliphatic rings. The number of halogens is 1. The Morgan fingerprint density at radius 2 is 1.97 bits per heavy atom. The third-order valence-electron chi connectivity index (χ3n) is 4.81. The Bertz CT molecular complexity index is 1110. The van der Waals surface area contributed by atoms with E-state index in [1.807, 2.05) is 19.9 Å². The maximum Gasteiger partial charge on any atom is 0.266 e. The highest BCUT2D eigenvalue weighted by Crippen LogP contribution is 2.39. The van der Waals surface area contributed by atoms with Gasteiger partial charge in [0.2, 0.25) is 0 Å². The summed E-state index contributed by atoms with van der Waals surface area (Å²) in [5.74, 6) is 0.299. The van der Waals surface area contributed by atoms with Gasteiger partial charge in [-0.1, -0.05) is 11.6 Å². The SMILES string of the molecule is CCOc1cc(/C=C(\C#N)C(=O)Nc2sc3c(c2C#N)CCCC3)cc(Cl)c1OCC. The predicted octanol–water partition coefficient (Wildman–Crippen LogP) is 5.50. The highest BCUT2D eigenvalue weighted by molar-refractivity contribution is 7.16. The number of carbonyl (C=O) groups is 1. The maximum atomic E-state index is 12.8. The smallest absolute Gasteiger partial charge is 0.266 e. The van der Waals surface area contributed by atoms with Gasteiger partial charge in [-0.3, -0.25) is 4.79 Å². The Labute approximate surface area is 190 Å². The fourth-order valence-electron chi connectivity index (χ4n) is 3.48. The van der Waals surface area contributed by atoms with Crippen LogP contribution < -0.4 is 14.8 Å². The van der Waals surface area contributed by atoms with Crippen LogP contribution in [0.1, 0.15) is 48.3 Å². The summed E-state index contributed by atoms with van der Waals surface area (Å²) in [6.45, 7) is 4.52. The van der Waals surface area contributed by atoms with Crippen LogP contribution in [0.15, 0.2) is 17.7 Å². The van der Waals surface area contributed by atoms with Gasteiger partial charge in [0.05, 0.1) is 23.8 Å². The lowest BCUT2D eigenvalue weighted by molar-refractivity contribution is -0.112. The third kappa shape index (κ3) is 5.02. The zero-order chi connectivity index (χ0) is 22.4. The number of fused-ring (bicyclic) bond motifs is 1. The minimum Gasteiger partial charge on any atom is -0.490 e. The van der Waals surface area contributed by atoms with E-state index >= 15 is 0 Å². The standard InChI is InChI=1S/C23H22ClN3O3S/c1-3-29-19-11-14(10-18(24)21(19)30-4-2)9-15(12-25)22(28)27-23-17(13-26)16-7-5-6-8-20(16)31-23/h9-11H,3-8H2,1-2H3,(H,27,28)/b15-9+. The van der Waals surface area contributed by atoms with E-state index in [9.17, 15) is 15.3 Å². The summed E-state index contributed by atoms with van der Waals surface area (Å²) < 4.78 is 11.1. The predicted molar refractivity (Wildman–Crippen MR) is 122 cm³/mol. The lowest BCUT2D eigenvalue weighted by Crippen LogP contribution is -2.13. The van der Waals surface area contributed by atoms with Gasteiger partial charge in [-0.25, -0.2) is 0 Å². The molecule has 0 bridgehead atoms. The zero-order valence-electron chi connectivity index (χ0n) is 17.4. The minimum absolute atomic E-state index is 0.0991. The molecule has 0 unspecified atom stereocenters.